The van der Waals surface area contributed by atoms with E-state index in [9.17, 15) is 4.79 Å². The molecule has 156 valence electrons. The summed E-state index contributed by atoms with van der Waals surface area (Å²) < 4.78 is 10.5. The first-order valence-electron chi connectivity index (χ1n) is 9.71. The molecule has 0 saturated carbocycles. The van der Waals surface area contributed by atoms with Gasteiger partial charge in [-0.25, -0.2) is 4.79 Å². The standard InChI is InChI=1S/C21H29N5O3/c1-21(2,3)28-20(27)23-13-18-24-19(29-25-18)11-14-6-7-17-16(10-14)15(12-22-17)8-9-26(4)5/h6-7,10,12,22H,8-9,11,13H2,1-5H3,(H,23,27). The molecule has 0 aliphatic heterocycles. The molecule has 0 spiro atoms. The average Bonchev–Trinajstić information content (AvgIpc) is 3.23. The molecule has 29 heavy (non-hydrogen) atoms. The van der Waals surface area contributed by atoms with Crippen LogP contribution >= 0.6 is 0 Å². The number of likely N-dealkylation sites (N-methyl/N-ethyl adjacent to an activating group) is 1. The van der Waals surface area contributed by atoms with Gasteiger partial charge in [-0.3, -0.25) is 0 Å². The number of nitrogens with zero attached hydrogens (tertiary/aromatic N) is 3. The van der Waals surface area contributed by atoms with Gasteiger partial charge in [0, 0.05) is 23.6 Å². The number of carbonyl (C=O) groups excluding carboxylic acids is 1. The van der Waals surface area contributed by atoms with Crippen LogP contribution in [0.25, 0.3) is 10.9 Å². The number of hydrogen-bond donors (Lipinski definition) is 2. The molecule has 0 atom stereocenters. The quantitative estimate of drug-likeness (QED) is 0.633. The second kappa shape index (κ2) is 8.65. The Labute approximate surface area is 170 Å². The fourth-order valence-corrected chi connectivity index (χ4v) is 2.96. The zero-order valence-electron chi connectivity index (χ0n) is 17.7. The molecule has 0 saturated heterocycles. The fraction of sp³-hybridized carbons (Fsp3) is 0.476. The Morgan fingerprint density at radius 1 is 1.31 bits per heavy atom. The number of nitrogens with one attached hydrogen (secondary N) is 2. The van der Waals surface area contributed by atoms with E-state index in [1.54, 1.807) is 0 Å². The van der Waals surface area contributed by atoms with Crippen molar-refractivity contribution >= 4 is 17.0 Å². The molecule has 2 heterocycles. The predicted octanol–water partition coefficient (Wildman–Crippen LogP) is 3.27. The van der Waals surface area contributed by atoms with E-state index in [1.165, 1.54) is 10.9 Å². The molecule has 2 aromatic heterocycles. The smallest absolute Gasteiger partial charge is 0.408 e. The fourth-order valence-electron chi connectivity index (χ4n) is 2.96. The van der Waals surface area contributed by atoms with Gasteiger partial charge in [0.15, 0.2) is 5.82 Å². The third-order valence-corrected chi connectivity index (χ3v) is 4.32. The number of H-pyrrole nitrogens is 1. The maximum atomic E-state index is 11.7. The minimum absolute atomic E-state index is 0.157. The van der Waals surface area contributed by atoms with Crippen LogP contribution in [0, 0.1) is 0 Å². The Bertz CT molecular complexity index is 968. The molecule has 1 aromatic carbocycles. The van der Waals surface area contributed by atoms with Crippen molar-refractivity contribution in [2.24, 2.45) is 0 Å². The summed E-state index contributed by atoms with van der Waals surface area (Å²) in [6.07, 6.45) is 3.09. The molecule has 0 fully saturated rings. The first kappa shape index (κ1) is 20.9. The van der Waals surface area contributed by atoms with Crippen LogP contribution in [0.5, 0.6) is 0 Å². The molecule has 0 unspecified atom stereocenters. The van der Waals surface area contributed by atoms with Crippen molar-refractivity contribution in [3.63, 3.8) is 0 Å². The maximum absolute atomic E-state index is 11.7. The van der Waals surface area contributed by atoms with Crippen LogP contribution in [0.2, 0.25) is 0 Å². The molecule has 2 N–H and O–H groups in total. The minimum atomic E-state index is -0.547. The van der Waals surface area contributed by atoms with Gasteiger partial charge in [0.2, 0.25) is 5.89 Å². The van der Waals surface area contributed by atoms with Crippen LogP contribution in [0.15, 0.2) is 28.9 Å². The van der Waals surface area contributed by atoms with E-state index in [2.05, 4.69) is 63.8 Å². The van der Waals surface area contributed by atoms with E-state index in [1.807, 2.05) is 20.8 Å². The first-order valence-corrected chi connectivity index (χ1v) is 9.71. The monoisotopic (exact) mass is 399 g/mol. The average molecular weight is 399 g/mol. The second-order valence-electron chi connectivity index (χ2n) is 8.38. The van der Waals surface area contributed by atoms with Gasteiger partial charge >= 0.3 is 6.09 Å². The van der Waals surface area contributed by atoms with Gasteiger partial charge in [0.25, 0.3) is 0 Å². The van der Waals surface area contributed by atoms with Crippen molar-refractivity contribution in [3.8, 4) is 0 Å². The van der Waals surface area contributed by atoms with Gasteiger partial charge in [0.1, 0.15) is 5.60 Å². The Balaban J connectivity index is 1.62. The highest BCUT2D eigenvalue weighted by atomic mass is 16.6. The summed E-state index contributed by atoms with van der Waals surface area (Å²) in [6, 6.07) is 6.29. The van der Waals surface area contributed by atoms with E-state index in [-0.39, 0.29) is 6.54 Å². The van der Waals surface area contributed by atoms with Gasteiger partial charge in [0.05, 0.1) is 13.0 Å². The lowest BCUT2D eigenvalue weighted by Crippen LogP contribution is -2.32. The number of amides is 1. The number of benzene rings is 1. The molecule has 0 radical (unpaired) electrons. The number of rotatable bonds is 7. The molecule has 0 aliphatic rings. The lowest BCUT2D eigenvalue weighted by molar-refractivity contribution is 0.0522. The predicted molar refractivity (Wildman–Crippen MR) is 111 cm³/mol. The summed E-state index contributed by atoms with van der Waals surface area (Å²) in [5, 5.41) is 7.78. The van der Waals surface area contributed by atoms with Gasteiger partial charge < -0.3 is 24.5 Å². The van der Waals surface area contributed by atoms with Crippen LogP contribution in [0.4, 0.5) is 4.79 Å². The van der Waals surface area contributed by atoms with Crippen molar-refractivity contribution in [2.75, 3.05) is 20.6 Å². The van der Waals surface area contributed by atoms with Crippen LogP contribution < -0.4 is 5.32 Å². The van der Waals surface area contributed by atoms with E-state index in [4.69, 9.17) is 9.26 Å². The summed E-state index contributed by atoms with van der Waals surface area (Å²) in [5.41, 5.74) is 2.96. The highest BCUT2D eigenvalue weighted by Gasteiger charge is 2.17. The van der Waals surface area contributed by atoms with Crippen molar-refractivity contribution in [1.82, 2.24) is 25.3 Å². The Morgan fingerprint density at radius 2 is 2.10 bits per heavy atom. The number of aromatic nitrogens is 3. The van der Waals surface area contributed by atoms with Crippen molar-refractivity contribution in [1.29, 1.82) is 0 Å². The number of aromatic amines is 1. The molecule has 8 nitrogen and oxygen atoms in total. The van der Waals surface area contributed by atoms with Crippen LogP contribution in [0.3, 0.4) is 0 Å². The third kappa shape index (κ3) is 6.05. The summed E-state index contributed by atoms with van der Waals surface area (Å²) in [7, 11) is 4.15. The summed E-state index contributed by atoms with van der Waals surface area (Å²) in [4.78, 5) is 21.6. The number of ether oxygens (including phenoxy) is 1. The van der Waals surface area contributed by atoms with Gasteiger partial charge in [-0.2, -0.15) is 4.98 Å². The third-order valence-electron chi connectivity index (χ3n) is 4.32. The zero-order chi connectivity index (χ0) is 21.0. The summed E-state index contributed by atoms with van der Waals surface area (Å²) >= 11 is 0. The van der Waals surface area contributed by atoms with E-state index < -0.39 is 11.7 Å². The van der Waals surface area contributed by atoms with Crippen LogP contribution in [-0.4, -0.2) is 52.4 Å². The van der Waals surface area contributed by atoms with Crippen LogP contribution in [0.1, 0.15) is 43.6 Å². The minimum Gasteiger partial charge on any atom is -0.444 e. The summed E-state index contributed by atoms with van der Waals surface area (Å²) in [5.74, 6) is 0.927. The van der Waals surface area contributed by atoms with Crippen LogP contribution in [-0.2, 0) is 24.1 Å². The molecule has 8 heteroatoms. The van der Waals surface area contributed by atoms with E-state index in [0.717, 1.165) is 24.0 Å². The molecule has 0 aliphatic carbocycles. The molecule has 1 amide bonds. The van der Waals surface area contributed by atoms with Crippen molar-refractivity contribution in [2.45, 2.75) is 45.8 Å². The topological polar surface area (TPSA) is 96.3 Å². The Kier molecular flexibility index (Phi) is 6.22. The molecule has 3 rings (SSSR count). The normalized spacial score (nSPS) is 11.9. The van der Waals surface area contributed by atoms with Gasteiger partial charge in [-0.15, -0.1) is 0 Å². The maximum Gasteiger partial charge on any atom is 0.408 e. The van der Waals surface area contributed by atoms with Gasteiger partial charge in [-0.1, -0.05) is 11.2 Å². The largest absolute Gasteiger partial charge is 0.444 e. The molecule has 3 aromatic rings. The lowest BCUT2D eigenvalue weighted by atomic mass is 10.1. The zero-order valence-corrected chi connectivity index (χ0v) is 17.7. The first-order chi connectivity index (χ1) is 13.7. The Hall–Kier alpha value is -2.87. The number of fused-ring (bicyclic) bond motifs is 1. The molecular formula is C21H29N5O3. The van der Waals surface area contributed by atoms with Gasteiger partial charge in [-0.05, 0) is 64.5 Å². The highest BCUT2D eigenvalue weighted by Crippen LogP contribution is 2.22. The number of hydrogen-bond acceptors (Lipinski definition) is 6. The lowest BCUT2D eigenvalue weighted by Gasteiger charge is -2.19. The second-order valence-corrected chi connectivity index (χ2v) is 8.38. The van der Waals surface area contributed by atoms with Crippen molar-refractivity contribution in [3.05, 3.63) is 47.2 Å². The summed E-state index contributed by atoms with van der Waals surface area (Å²) in [6.45, 7) is 6.59. The van der Waals surface area contributed by atoms with E-state index in [0.29, 0.717) is 18.1 Å². The SMILES string of the molecule is CN(C)CCc1c[nH]c2ccc(Cc3nc(CNC(=O)OC(C)(C)C)no3)cc12. The molecular weight excluding hydrogens is 370 g/mol. The number of carbonyl (C=O) groups is 1. The molecule has 0 bridgehead atoms. The number of alkyl carbamates (subject to hydrolysis) is 1. The van der Waals surface area contributed by atoms with Crippen molar-refractivity contribution < 1.29 is 14.1 Å². The van der Waals surface area contributed by atoms with E-state index >= 15 is 0 Å². The Morgan fingerprint density at radius 3 is 2.83 bits per heavy atom. The highest BCUT2D eigenvalue weighted by molar-refractivity contribution is 5.84.